The van der Waals surface area contributed by atoms with Crippen LogP contribution in [0.4, 0.5) is 0 Å². The summed E-state index contributed by atoms with van der Waals surface area (Å²) in [5.41, 5.74) is 0. The molecular weight excluding hydrogens is 183 g/mol. The van der Waals surface area contributed by atoms with E-state index < -0.39 is 6.72 Å². The van der Waals surface area contributed by atoms with Gasteiger partial charge < -0.3 is 4.52 Å². The molecule has 0 aliphatic rings. The van der Waals surface area contributed by atoms with E-state index >= 15 is 0 Å². The van der Waals surface area contributed by atoms with Crippen molar-refractivity contribution in [1.82, 2.24) is 0 Å². The van der Waals surface area contributed by atoms with Crippen molar-refractivity contribution in [3.8, 4) is 5.75 Å². The Labute approximate surface area is 70.4 Å². The summed E-state index contributed by atoms with van der Waals surface area (Å²) in [6.45, 7) is -0.000934. The van der Waals surface area contributed by atoms with Crippen molar-refractivity contribution in [2.75, 3.05) is 0 Å². The molecule has 58 valence electrons. The highest BCUT2D eigenvalue weighted by Crippen LogP contribution is 2.50. The lowest BCUT2D eigenvalue weighted by Gasteiger charge is -2.00. The first kappa shape index (κ1) is 8.51. The highest BCUT2D eigenvalue weighted by atomic mass is 35.7. The Balaban J connectivity index is 2.74. The normalized spacial score (nSPS) is 15.4. The molecule has 1 rings (SSSR count). The van der Waals surface area contributed by atoms with E-state index in [1.54, 1.807) is 24.3 Å². The number of benzene rings is 1. The Kier molecular flexibility index (Phi) is 2.48. The second-order valence-corrected chi connectivity index (χ2v) is 4.90. The second kappa shape index (κ2) is 3.21. The smallest absolute Gasteiger partial charge is 0.401 e. The highest BCUT2D eigenvalue weighted by Gasteiger charge is 2.21. The lowest BCUT2D eigenvalue weighted by Crippen LogP contribution is -1.81. The molecule has 1 atom stereocenters. The van der Waals surface area contributed by atoms with Gasteiger partial charge in [-0.2, -0.15) is 0 Å². The average molecular weight is 190 g/mol. The van der Waals surface area contributed by atoms with Crippen molar-refractivity contribution in [3.05, 3.63) is 37.0 Å². The van der Waals surface area contributed by atoms with Crippen LogP contribution in [0.1, 0.15) is 0 Å². The Morgan fingerprint density at radius 1 is 1.36 bits per heavy atom. The molecule has 11 heavy (non-hydrogen) atoms. The van der Waals surface area contributed by atoms with Crippen molar-refractivity contribution < 1.29 is 9.09 Å². The molecule has 0 heterocycles. The first-order valence-corrected chi connectivity index (χ1v) is 5.68. The molecule has 0 spiro atoms. The topological polar surface area (TPSA) is 26.3 Å². The minimum absolute atomic E-state index is 0.473. The van der Waals surface area contributed by atoms with Crippen LogP contribution in [0.5, 0.6) is 5.75 Å². The maximum absolute atomic E-state index is 10.8. The van der Waals surface area contributed by atoms with Crippen molar-refractivity contribution in [1.29, 1.82) is 0 Å². The van der Waals surface area contributed by atoms with E-state index in [2.05, 4.69) is 6.66 Å². The van der Waals surface area contributed by atoms with Gasteiger partial charge in [-0.25, -0.2) is 4.57 Å². The first-order chi connectivity index (χ1) is 5.08. The van der Waals surface area contributed by atoms with E-state index in [1.807, 2.05) is 6.07 Å². The quantitative estimate of drug-likeness (QED) is 0.527. The molecule has 0 aliphatic heterocycles. The van der Waals surface area contributed by atoms with Crippen molar-refractivity contribution in [3.63, 3.8) is 0 Å². The van der Waals surface area contributed by atoms with Crippen molar-refractivity contribution >= 4 is 18.0 Å². The Morgan fingerprint density at radius 3 is 2.36 bits per heavy atom. The van der Waals surface area contributed by atoms with Crippen LogP contribution >= 0.6 is 18.0 Å². The van der Waals surface area contributed by atoms with Crippen LogP contribution in [0.3, 0.4) is 0 Å². The fourth-order valence-electron chi connectivity index (χ4n) is 0.639. The monoisotopic (exact) mass is 189 g/mol. The van der Waals surface area contributed by atoms with Crippen LogP contribution < -0.4 is 4.52 Å². The van der Waals surface area contributed by atoms with E-state index in [-0.39, 0.29) is 0 Å². The van der Waals surface area contributed by atoms with Gasteiger partial charge >= 0.3 is 6.72 Å². The zero-order valence-electron chi connectivity index (χ0n) is 5.74. The Bertz CT molecular complexity index is 267. The number of para-hydroxylation sites is 1. The molecule has 1 aromatic rings. The highest BCUT2D eigenvalue weighted by molar-refractivity contribution is 7.86. The lowest BCUT2D eigenvalue weighted by atomic mass is 10.3. The van der Waals surface area contributed by atoms with E-state index in [4.69, 9.17) is 15.8 Å². The summed E-state index contributed by atoms with van der Waals surface area (Å²) in [7, 11) is 0. The van der Waals surface area contributed by atoms with Crippen LogP contribution in [0, 0.1) is 6.66 Å². The van der Waals surface area contributed by atoms with Gasteiger partial charge in [0.2, 0.25) is 0 Å². The molecule has 0 radical (unpaired) electrons. The molecule has 0 fully saturated rings. The predicted molar refractivity (Wildman–Crippen MR) is 45.9 cm³/mol. The van der Waals surface area contributed by atoms with E-state index in [0.717, 1.165) is 0 Å². The van der Waals surface area contributed by atoms with Gasteiger partial charge in [0.15, 0.2) is 6.66 Å². The molecule has 0 aromatic heterocycles. The summed E-state index contributed by atoms with van der Waals surface area (Å²) in [4.78, 5) is 0. The number of halogens is 1. The van der Waals surface area contributed by atoms with Crippen molar-refractivity contribution in [2.45, 2.75) is 0 Å². The molecule has 2 nitrogen and oxygen atoms in total. The molecular formula is C7H7ClO2P+. The van der Waals surface area contributed by atoms with Crippen LogP contribution in [0.15, 0.2) is 30.3 Å². The second-order valence-electron chi connectivity index (χ2n) is 1.99. The number of hydrogen-bond acceptors (Lipinski definition) is 2. The van der Waals surface area contributed by atoms with Crippen LogP contribution in [0.25, 0.3) is 0 Å². The molecule has 0 saturated carbocycles. The fourth-order valence-corrected chi connectivity index (χ4v) is 1.31. The molecule has 1 aromatic carbocycles. The zero-order chi connectivity index (χ0) is 8.32. The van der Waals surface area contributed by atoms with Gasteiger partial charge in [-0.15, -0.1) is 0 Å². The minimum atomic E-state index is -3.17. The van der Waals surface area contributed by atoms with Crippen LogP contribution in [-0.4, -0.2) is 0 Å². The largest absolute Gasteiger partial charge is 0.510 e. The molecule has 4 heteroatoms. The fraction of sp³-hybridized carbons (Fsp3) is 0. The maximum Gasteiger partial charge on any atom is 0.510 e. The Morgan fingerprint density at radius 2 is 1.91 bits per heavy atom. The molecule has 0 bridgehead atoms. The van der Waals surface area contributed by atoms with Crippen molar-refractivity contribution in [2.24, 2.45) is 0 Å². The molecule has 1 unspecified atom stereocenters. The summed E-state index contributed by atoms with van der Waals surface area (Å²) < 4.78 is 15.6. The third-order valence-corrected chi connectivity index (χ3v) is 1.68. The molecule has 0 amide bonds. The number of rotatable bonds is 2. The summed E-state index contributed by atoms with van der Waals surface area (Å²) in [5.74, 6) is 0.473. The number of hydrogen-bond donors (Lipinski definition) is 0. The lowest BCUT2D eigenvalue weighted by molar-refractivity contribution is 0.507. The molecule has 0 saturated heterocycles. The standard InChI is InChI=1S/C7H7ClO2P/c1-11(8,9)10-7-5-3-2-4-6-7/h2-6H,1H2/q+1. The maximum atomic E-state index is 10.8. The van der Waals surface area contributed by atoms with E-state index in [9.17, 15) is 4.57 Å². The zero-order valence-corrected chi connectivity index (χ0v) is 7.39. The van der Waals surface area contributed by atoms with Gasteiger partial charge in [-0.05, 0) is 12.1 Å². The van der Waals surface area contributed by atoms with E-state index in [1.165, 1.54) is 0 Å². The predicted octanol–water partition coefficient (Wildman–Crippen LogP) is 3.29. The summed E-state index contributed by atoms with van der Waals surface area (Å²) in [6.07, 6.45) is 0. The van der Waals surface area contributed by atoms with Gasteiger partial charge in [-0.1, -0.05) is 18.2 Å². The minimum Gasteiger partial charge on any atom is -0.401 e. The average Bonchev–Trinajstić information content (AvgIpc) is 1.85. The summed E-state index contributed by atoms with van der Waals surface area (Å²) in [6, 6.07) is 8.69. The van der Waals surface area contributed by atoms with Gasteiger partial charge in [-0.3, -0.25) is 0 Å². The Hall–Kier alpha value is -0.590. The van der Waals surface area contributed by atoms with Gasteiger partial charge in [0.25, 0.3) is 0 Å². The van der Waals surface area contributed by atoms with Crippen LogP contribution in [-0.2, 0) is 4.57 Å². The SMILES string of the molecule is [CH2+]P(=O)(Cl)Oc1ccccc1. The molecule has 0 aliphatic carbocycles. The third kappa shape index (κ3) is 3.35. The van der Waals surface area contributed by atoms with Gasteiger partial charge in [0, 0.05) is 11.2 Å². The molecule has 0 N–H and O–H groups in total. The van der Waals surface area contributed by atoms with Gasteiger partial charge in [0.1, 0.15) is 5.75 Å². The van der Waals surface area contributed by atoms with Gasteiger partial charge in [0.05, 0.1) is 0 Å². The van der Waals surface area contributed by atoms with E-state index in [0.29, 0.717) is 5.75 Å². The summed E-state index contributed by atoms with van der Waals surface area (Å²) >= 11 is 5.29. The first-order valence-electron chi connectivity index (χ1n) is 2.97. The van der Waals surface area contributed by atoms with Crippen LogP contribution in [0.2, 0.25) is 0 Å². The third-order valence-electron chi connectivity index (χ3n) is 0.985. The summed E-state index contributed by atoms with van der Waals surface area (Å²) in [5, 5.41) is 0.